The summed E-state index contributed by atoms with van der Waals surface area (Å²) in [5, 5.41) is 9.45. The fourth-order valence-electron chi connectivity index (χ4n) is 1.85. The quantitative estimate of drug-likeness (QED) is 0.748. The van der Waals surface area contributed by atoms with Crippen LogP contribution in [-0.4, -0.2) is 25.0 Å². The molecule has 0 fully saturated rings. The first-order chi connectivity index (χ1) is 9.45. The van der Waals surface area contributed by atoms with Gasteiger partial charge in [-0.15, -0.1) is 0 Å². The number of halogens is 3. The van der Waals surface area contributed by atoms with E-state index in [4.69, 9.17) is 0 Å². The maximum Gasteiger partial charge on any atom is 0.433 e. The molecule has 104 valence electrons. The molecule has 0 aliphatic rings. The smallest absolute Gasteiger partial charge is 0.281 e. The van der Waals surface area contributed by atoms with Crippen LogP contribution in [0.25, 0.3) is 11.0 Å². The van der Waals surface area contributed by atoms with E-state index in [1.807, 2.05) is 0 Å². The van der Waals surface area contributed by atoms with Crippen molar-refractivity contribution in [3.63, 3.8) is 0 Å². The average molecular weight is 283 g/mol. The summed E-state index contributed by atoms with van der Waals surface area (Å²) >= 11 is 0. The molecule has 6 nitrogen and oxygen atoms in total. The third-order valence-electron chi connectivity index (χ3n) is 2.83. The zero-order valence-corrected chi connectivity index (χ0v) is 9.90. The highest BCUT2D eigenvalue weighted by atomic mass is 19.4. The standard InChI is InChI=1S/C11H8F3N5O/c12-11(13,14)8-2-1-6(3-15-8)5-19-9-7(4-16-19)10(20)18-17-9/h1-4H,5H2,(H2,17,18,20). The molecule has 0 unspecified atom stereocenters. The Balaban J connectivity index is 1.89. The first-order valence-electron chi connectivity index (χ1n) is 5.59. The molecule has 3 rings (SSSR count). The highest BCUT2D eigenvalue weighted by Crippen LogP contribution is 2.27. The molecule has 20 heavy (non-hydrogen) atoms. The minimum atomic E-state index is -4.45. The van der Waals surface area contributed by atoms with Crippen molar-refractivity contribution in [2.45, 2.75) is 12.7 Å². The Morgan fingerprint density at radius 2 is 2.00 bits per heavy atom. The monoisotopic (exact) mass is 283 g/mol. The molecule has 0 saturated carbocycles. The van der Waals surface area contributed by atoms with Crippen LogP contribution in [0.1, 0.15) is 11.3 Å². The summed E-state index contributed by atoms with van der Waals surface area (Å²) in [7, 11) is 0. The average Bonchev–Trinajstić information content (AvgIpc) is 2.94. The van der Waals surface area contributed by atoms with Crippen molar-refractivity contribution < 1.29 is 13.2 Å². The molecule has 0 radical (unpaired) electrons. The molecule has 2 N–H and O–H groups in total. The Bertz CT molecular complexity index is 796. The maximum atomic E-state index is 12.4. The summed E-state index contributed by atoms with van der Waals surface area (Å²) in [6, 6.07) is 2.24. The minimum absolute atomic E-state index is 0.211. The highest BCUT2D eigenvalue weighted by Gasteiger charge is 2.32. The van der Waals surface area contributed by atoms with E-state index in [1.165, 1.54) is 16.9 Å². The van der Waals surface area contributed by atoms with Gasteiger partial charge in [-0.05, 0) is 11.6 Å². The van der Waals surface area contributed by atoms with Crippen molar-refractivity contribution in [1.29, 1.82) is 0 Å². The predicted octanol–water partition coefficient (Wildman–Crippen LogP) is 1.51. The van der Waals surface area contributed by atoms with Crippen molar-refractivity contribution in [2.75, 3.05) is 0 Å². The van der Waals surface area contributed by atoms with Gasteiger partial charge in [-0.2, -0.15) is 18.3 Å². The molecule has 0 bridgehead atoms. The second kappa shape index (κ2) is 4.22. The van der Waals surface area contributed by atoms with Gasteiger partial charge in [-0.3, -0.25) is 20.0 Å². The van der Waals surface area contributed by atoms with Crippen LogP contribution in [0, 0.1) is 0 Å². The van der Waals surface area contributed by atoms with Crippen LogP contribution in [0.15, 0.2) is 29.3 Å². The summed E-state index contributed by atoms with van der Waals surface area (Å²) in [5.74, 6) is 0. The number of fused-ring (bicyclic) bond motifs is 1. The van der Waals surface area contributed by atoms with Gasteiger partial charge in [0.2, 0.25) is 0 Å². The number of hydrogen-bond acceptors (Lipinski definition) is 3. The Morgan fingerprint density at radius 1 is 1.20 bits per heavy atom. The Labute approximate surface area is 109 Å². The zero-order valence-electron chi connectivity index (χ0n) is 9.90. The number of aromatic nitrogens is 5. The SMILES string of the molecule is O=c1[nH][nH]c2c1cnn2Cc1ccc(C(F)(F)F)nc1. The molecule has 0 spiro atoms. The van der Waals surface area contributed by atoms with Crippen LogP contribution in [0.2, 0.25) is 0 Å². The number of nitrogens with one attached hydrogen (secondary N) is 2. The number of alkyl halides is 3. The first-order valence-corrected chi connectivity index (χ1v) is 5.59. The van der Waals surface area contributed by atoms with Crippen molar-refractivity contribution >= 4 is 11.0 Å². The molecule has 0 aromatic carbocycles. The Hall–Kier alpha value is -2.58. The second-order valence-electron chi connectivity index (χ2n) is 4.19. The van der Waals surface area contributed by atoms with Crippen LogP contribution in [0.3, 0.4) is 0 Å². The lowest BCUT2D eigenvalue weighted by Crippen LogP contribution is -2.09. The number of hydrogen-bond donors (Lipinski definition) is 2. The Morgan fingerprint density at radius 3 is 2.65 bits per heavy atom. The number of aromatic amines is 2. The van der Waals surface area contributed by atoms with Gasteiger partial charge in [0.25, 0.3) is 5.56 Å². The van der Waals surface area contributed by atoms with Gasteiger partial charge in [0.15, 0.2) is 5.65 Å². The lowest BCUT2D eigenvalue weighted by Gasteiger charge is -2.06. The lowest BCUT2D eigenvalue weighted by atomic mass is 10.2. The zero-order chi connectivity index (χ0) is 14.3. The summed E-state index contributed by atoms with van der Waals surface area (Å²) in [6.45, 7) is 0.211. The van der Waals surface area contributed by atoms with E-state index in [-0.39, 0.29) is 12.1 Å². The van der Waals surface area contributed by atoms with E-state index in [1.54, 1.807) is 0 Å². The largest absolute Gasteiger partial charge is 0.433 e. The van der Waals surface area contributed by atoms with Gasteiger partial charge in [0.05, 0.1) is 12.7 Å². The van der Waals surface area contributed by atoms with Crippen LogP contribution in [-0.2, 0) is 12.7 Å². The number of pyridine rings is 1. The summed E-state index contributed by atoms with van der Waals surface area (Å²) < 4.78 is 38.6. The number of rotatable bonds is 2. The van der Waals surface area contributed by atoms with E-state index in [9.17, 15) is 18.0 Å². The topological polar surface area (TPSA) is 79.4 Å². The van der Waals surface area contributed by atoms with Crippen LogP contribution < -0.4 is 5.56 Å². The van der Waals surface area contributed by atoms with E-state index >= 15 is 0 Å². The molecule has 0 aliphatic heterocycles. The van der Waals surface area contributed by atoms with Gasteiger partial charge < -0.3 is 0 Å². The lowest BCUT2D eigenvalue weighted by molar-refractivity contribution is -0.141. The normalized spacial score (nSPS) is 12.2. The van der Waals surface area contributed by atoms with E-state index in [0.29, 0.717) is 16.6 Å². The summed E-state index contributed by atoms with van der Waals surface area (Å²) in [6.07, 6.45) is -1.92. The third kappa shape index (κ3) is 2.06. The number of H-pyrrole nitrogens is 2. The van der Waals surface area contributed by atoms with Crippen molar-refractivity contribution in [2.24, 2.45) is 0 Å². The first kappa shape index (κ1) is 12.5. The van der Waals surface area contributed by atoms with Crippen molar-refractivity contribution in [3.05, 3.63) is 46.1 Å². The molecular weight excluding hydrogens is 275 g/mol. The van der Waals surface area contributed by atoms with Gasteiger partial charge >= 0.3 is 6.18 Å². The third-order valence-corrected chi connectivity index (χ3v) is 2.83. The summed E-state index contributed by atoms with van der Waals surface area (Å²) in [5.41, 5.74) is -0.210. The van der Waals surface area contributed by atoms with Gasteiger partial charge in [-0.1, -0.05) is 6.07 Å². The van der Waals surface area contributed by atoms with E-state index < -0.39 is 11.9 Å². The molecule has 3 heterocycles. The molecule has 3 aromatic heterocycles. The van der Waals surface area contributed by atoms with Crippen LogP contribution >= 0.6 is 0 Å². The van der Waals surface area contributed by atoms with Crippen LogP contribution in [0.5, 0.6) is 0 Å². The fourth-order valence-corrected chi connectivity index (χ4v) is 1.85. The molecule has 9 heteroatoms. The second-order valence-corrected chi connectivity index (χ2v) is 4.19. The fraction of sp³-hybridized carbons (Fsp3) is 0.182. The highest BCUT2D eigenvalue weighted by molar-refractivity contribution is 5.73. The van der Waals surface area contributed by atoms with Crippen molar-refractivity contribution in [1.82, 2.24) is 25.0 Å². The summed E-state index contributed by atoms with van der Waals surface area (Å²) in [4.78, 5) is 14.7. The van der Waals surface area contributed by atoms with Gasteiger partial charge in [-0.25, -0.2) is 4.68 Å². The molecule has 0 atom stereocenters. The Kier molecular flexibility index (Phi) is 2.63. The maximum absolute atomic E-state index is 12.4. The predicted molar refractivity (Wildman–Crippen MR) is 63.0 cm³/mol. The van der Waals surface area contributed by atoms with E-state index in [0.717, 1.165) is 12.3 Å². The van der Waals surface area contributed by atoms with Gasteiger partial charge in [0, 0.05) is 6.20 Å². The molecule has 3 aromatic rings. The molecule has 0 amide bonds. The van der Waals surface area contributed by atoms with Gasteiger partial charge in [0.1, 0.15) is 11.1 Å². The molecule has 0 saturated heterocycles. The number of nitrogens with zero attached hydrogens (tertiary/aromatic N) is 3. The van der Waals surface area contributed by atoms with E-state index in [2.05, 4.69) is 20.3 Å². The van der Waals surface area contributed by atoms with Crippen molar-refractivity contribution in [3.8, 4) is 0 Å². The minimum Gasteiger partial charge on any atom is -0.281 e. The molecular formula is C11H8F3N5O. The molecule has 0 aliphatic carbocycles. The van der Waals surface area contributed by atoms with Crippen LogP contribution in [0.4, 0.5) is 13.2 Å².